The molecule has 0 aliphatic rings. The number of aromatic nitrogens is 4. The van der Waals surface area contributed by atoms with Gasteiger partial charge in [-0.25, -0.2) is 4.98 Å². The van der Waals surface area contributed by atoms with E-state index in [0.717, 1.165) is 22.7 Å². The highest BCUT2D eigenvalue weighted by molar-refractivity contribution is 5.83. The molecule has 0 radical (unpaired) electrons. The molecule has 0 atom stereocenters. The minimum Gasteiger partial charge on any atom is -0.382 e. The van der Waals surface area contributed by atoms with Crippen LogP contribution in [0.2, 0.25) is 0 Å². The molecule has 0 spiro atoms. The van der Waals surface area contributed by atoms with Crippen LogP contribution in [0.1, 0.15) is 11.3 Å². The molecule has 0 aliphatic carbocycles. The van der Waals surface area contributed by atoms with Gasteiger partial charge in [0.1, 0.15) is 11.4 Å². The summed E-state index contributed by atoms with van der Waals surface area (Å²) in [6, 6.07) is 5.91. The molecule has 0 fully saturated rings. The summed E-state index contributed by atoms with van der Waals surface area (Å²) in [5.41, 5.74) is 2.26. The number of H-pyrrole nitrogens is 2. The van der Waals surface area contributed by atoms with E-state index in [4.69, 9.17) is 5.41 Å². The number of aromatic amines is 2. The Kier molecular flexibility index (Phi) is 3.57. The second kappa shape index (κ2) is 5.68. The molecule has 0 amide bonds. The van der Waals surface area contributed by atoms with Crippen molar-refractivity contribution in [2.24, 2.45) is 0 Å². The lowest BCUT2D eigenvalue weighted by Gasteiger charge is -2.08. The fourth-order valence-electron chi connectivity index (χ4n) is 2.21. The van der Waals surface area contributed by atoms with Crippen LogP contribution in [-0.2, 0) is 6.54 Å². The van der Waals surface area contributed by atoms with E-state index >= 15 is 0 Å². The Balaban J connectivity index is 1.82. The summed E-state index contributed by atoms with van der Waals surface area (Å²) in [6.07, 6.45) is 2.80. The molecular weight excluding hydrogens is 282 g/mol. The van der Waals surface area contributed by atoms with Crippen molar-refractivity contribution in [2.75, 3.05) is 17.7 Å². The molecular formula is C14H15N7O. The molecule has 2 aromatic heterocycles. The molecule has 112 valence electrons. The van der Waals surface area contributed by atoms with E-state index in [2.05, 4.69) is 30.8 Å². The first-order valence-electron chi connectivity index (χ1n) is 6.69. The zero-order valence-corrected chi connectivity index (χ0v) is 11.9. The standard InChI is InChI=1S/C14H15N7O/c1-16-12-11(5-15)19-14(20-13(12)22)17-6-8-2-3-10-9(4-8)7-18-21-10/h2-5,7,15-16H,6H2,1H3,(H,18,21)(H2,17,19,20,22). The van der Waals surface area contributed by atoms with Gasteiger partial charge in [-0.2, -0.15) is 5.10 Å². The zero-order chi connectivity index (χ0) is 15.5. The van der Waals surface area contributed by atoms with Gasteiger partial charge in [0.2, 0.25) is 5.95 Å². The first-order valence-corrected chi connectivity index (χ1v) is 6.69. The van der Waals surface area contributed by atoms with E-state index in [1.807, 2.05) is 18.2 Å². The molecule has 2 heterocycles. The van der Waals surface area contributed by atoms with E-state index in [1.54, 1.807) is 13.2 Å². The minimum absolute atomic E-state index is 0.278. The maximum Gasteiger partial charge on any atom is 0.276 e. The SMILES string of the molecule is CNc1c(C=N)nc(NCc2ccc3[nH]ncc3c2)[nH]c1=O. The predicted molar refractivity (Wildman–Crippen MR) is 85.7 cm³/mol. The molecule has 8 nitrogen and oxygen atoms in total. The molecule has 22 heavy (non-hydrogen) atoms. The van der Waals surface area contributed by atoms with Crippen LogP contribution in [0.3, 0.4) is 0 Å². The van der Waals surface area contributed by atoms with E-state index in [-0.39, 0.29) is 11.2 Å². The molecule has 5 N–H and O–H groups in total. The molecule has 0 saturated heterocycles. The van der Waals surface area contributed by atoms with Crippen LogP contribution >= 0.6 is 0 Å². The van der Waals surface area contributed by atoms with Crippen LogP contribution < -0.4 is 16.2 Å². The third kappa shape index (κ3) is 2.53. The topological polar surface area (TPSA) is 122 Å². The van der Waals surface area contributed by atoms with Gasteiger partial charge in [0, 0.05) is 25.2 Å². The van der Waals surface area contributed by atoms with Gasteiger partial charge in [0.15, 0.2) is 0 Å². The van der Waals surface area contributed by atoms with Gasteiger partial charge in [0.25, 0.3) is 5.56 Å². The lowest BCUT2D eigenvalue weighted by atomic mass is 10.1. The van der Waals surface area contributed by atoms with Gasteiger partial charge in [0.05, 0.1) is 11.7 Å². The Morgan fingerprint density at radius 1 is 1.41 bits per heavy atom. The lowest BCUT2D eigenvalue weighted by Crippen LogP contribution is -2.19. The Labute approximate surface area is 125 Å². The predicted octanol–water partition coefficient (Wildman–Crippen LogP) is 1.30. The van der Waals surface area contributed by atoms with Crippen molar-refractivity contribution in [1.29, 1.82) is 5.41 Å². The van der Waals surface area contributed by atoms with Crippen molar-refractivity contribution in [3.8, 4) is 0 Å². The minimum atomic E-state index is -0.316. The van der Waals surface area contributed by atoms with Crippen LogP contribution in [-0.4, -0.2) is 33.4 Å². The van der Waals surface area contributed by atoms with Gasteiger partial charge in [-0.05, 0) is 17.7 Å². The van der Waals surface area contributed by atoms with Crippen molar-refractivity contribution in [3.05, 3.63) is 46.0 Å². The molecule has 3 aromatic rings. The Bertz CT molecular complexity index is 880. The lowest BCUT2D eigenvalue weighted by molar-refractivity contribution is 1.03. The summed E-state index contributed by atoms with van der Waals surface area (Å²) < 4.78 is 0. The van der Waals surface area contributed by atoms with Crippen molar-refractivity contribution in [1.82, 2.24) is 20.2 Å². The average molecular weight is 297 g/mol. The maximum atomic E-state index is 11.9. The van der Waals surface area contributed by atoms with Crippen LogP contribution in [0.25, 0.3) is 10.9 Å². The third-order valence-electron chi connectivity index (χ3n) is 3.30. The summed E-state index contributed by atoms with van der Waals surface area (Å²) >= 11 is 0. The number of fused-ring (bicyclic) bond motifs is 1. The summed E-state index contributed by atoms with van der Waals surface area (Å²) in [6.45, 7) is 0.500. The number of rotatable bonds is 5. The number of nitrogens with one attached hydrogen (secondary N) is 5. The number of anilines is 2. The largest absolute Gasteiger partial charge is 0.382 e. The Morgan fingerprint density at radius 3 is 3.05 bits per heavy atom. The summed E-state index contributed by atoms with van der Waals surface area (Å²) in [4.78, 5) is 18.7. The molecule has 0 bridgehead atoms. The van der Waals surface area contributed by atoms with Gasteiger partial charge in [-0.3, -0.25) is 14.9 Å². The average Bonchev–Trinajstić information content (AvgIpc) is 2.99. The monoisotopic (exact) mass is 297 g/mol. The number of hydrogen-bond donors (Lipinski definition) is 5. The fourth-order valence-corrected chi connectivity index (χ4v) is 2.21. The van der Waals surface area contributed by atoms with E-state index in [0.29, 0.717) is 18.2 Å². The Morgan fingerprint density at radius 2 is 2.27 bits per heavy atom. The van der Waals surface area contributed by atoms with Gasteiger partial charge < -0.3 is 16.0 Å². The number of hydrogen-bond acceptors (Lipinski definition) is 6. The van der Waals surface area contributed by atoms with Crippen LogP contribution in [0.15, 0.2) is 29.2 Å². The third-order valence-corrected chi connectivity index (χ3v) is 3.30. The highest BCUT2D eigenvalue weighted by Crippen LogP contribution is 2.14. The molecule has 1 aromatic carbocycles. The van der Waals surface area contributed by atoms with Crippen molar-refractivity contribution in [2.45, 2.75) is 6.54 Å². The highest BCUT2D eigenvalue weighted by Gasteiger charge is 2.08. The van der Waals surface area contributed by atoms with Gasteiger partial charge in [-0.1, -0.05) is 6.07 Å². The summed E-state index contributed by atoms with van der Waals surface area (Å²) in [5.74, 6) is 0.329. The molecule has 0 aliphatic heterocycles. The summed E-state index contributed by atoms with van der Waals surface area (Å²) in [5, 5.41) is 21.0. The smallest absolute Gasteiger partial charge is 0.276 e. The fraction of sp³-hybridized carbons (Fsp3) is 0.143. The van der Waals surface area contributed by atoms with Crippen molar-refractivity contribution < 1.29 is 0 Å². The van der Waals surface area contributed by atoms with Crippen LogP contribution in [0.5, 0.6) is 0 Å². The maximum absolute atomic E-state index is 11.9. The molecule has 3 rings (SSSR count). The first-order chi connectivity index (χ1) is 10.7. The quantitative estimate of drug-likeness (QED) is 0.454. The molecule has 0 saturated carbocycles. The van der Waals surface area contributed by atoms with Gasteiger partial charge in [-0.15, -0.1) is 0 Å². The second-order valence-electron chi connectivity index (χ2n) is 4.71. The number of benzene rings is 1. The van der Waals surface area contributed by atoms with Crippen molar-refractivity contribution >= 4 is 28.8 Å². The van der Waals surface area contributed by atoms with E-state index in [9.17, 15) is 4.79 Å². The van der Waals surface area contributed by atoms with Crippen LogP contribution in [0.4, 0.5) is 11.6 Å². The van der Waals surface area contributed by atoms with E-state index < -0.39 is 0 Å². The first kappa shape index (κ1) is 13.8. The number of nitrogens with zero attached hydrogens (tertiary/aromatic N) is 2. The summed E-state index contributed by atoms with van der Waals surface area (Å²) in [7, 11) is 1.62. The zero-order valence-electron chi connectivity index (χ0n) is 11.9. The normalized spacial score (nSPS) is 10.6. The van der Waals surface area contributed by atoms with E-state index in [1.165, 1.54) is 0 Å². The van der Waals surface area contributed by atoms with Crippen molar-refractivity contribution in [3.63, 3.8) is 0 Å². The second-order valence-corrected chi connectivity index (χ2v) is 4.71. The molecule has 8 heteroatoms. The highest BCUT2D eigenvalue weighted by atomic mass is 16.1. The van der Waals surface area contributed by atoms with Gasteiger partial charge >= 0.3 is 0 Å². The Hall–Kier alpha value is -3.16. The van der Waals surface area contributed by atoms with Crippen LogP contribution in [0, 0.1) is 5.41 Å². The molecule has 0 unspecified atom stereocenters.